The summed E-state index contributed by atoms with van der Waals surface area (Å²) in [6.45, 7) is 9.04. The number of hydrogen-bond acceptors (Lipinski definition) is 4. The average Bonchev–Trinajstić information content (AvgIpc) is 3.06. The van der Waals surface area contributed by atoms with Crippen LogP contribution >= 0.6 is 0 Å². The predicted molar refractivity (Wildman–Crippen MR) is 118 cm³/mol. The Morgan fingerprint density at radius 1 is 1.17 bits per heavy atom. The second-order valence-corrected chi connectivity index (χ2v) is 13.3. The molecule has 0 amide bonds. The van der Waals surface area contributed by atoms with Crippen molar-refractivity contribution < 1.29 is 13.9 Å². The molecule has 0 spiro atoms. The van der Waals surface area contributed by atoms with Crippen LogP contribution < -0.4 is 5.19 Å². The zero-order valence-electron chi connectivity index (χ0n) is 17.6. The van der Waals surface area contributed by atoms with E-state index < -0.39 is 14.0 Å². The molecule has 4 rings (SSSR count). The number of fused-ring (bicyclic) bond motifs is 3. The van der Waals surface area contributed by atoms with Crippen LogP contribution in [0.25, 0.3) is 5.69 Å². The van der Waals surface area contributed by atoms with Gasteiger partial charge in [0.15, 0.2) is 5.69 Å². The van der Waals surface area contributed by atoms with E-state index in [-0.39, 0.29) is 24.7 Å². The summed E-state index contributed by atoms with van der Waals surface area (Å²) in [5.41, 5.74) is 3.59. The van der Waals surface area contributed by atoms with Gasteiger partial charge in [-0.3, -0.25) is 9.56 Å². The number of hydrogen-bond donors (Lipinski definition) is 0. The molecule has 2 heterocycles. The monoisotopic (exact) mass is 421 g/mol. The number of ether oxygens (including phenoxy) is 1. The van der Waals surface area contributed by atoms with E-state index in [1.54, 1.807) is 31.5 Å². The summed E-state index contributed by atoms with van der Waals surface area (Å²) >= 11 is 0. The minimum atomic E-state index is -1.62. The Balaban J connectivity index is 1.97. The lowest BCUT2D eigenvalue weighted by Gasteiger charge is -2.20. The zero-order chi connectivity index (χ0) is 21.5. The van der Waals surface area contributed by atoms with Gasteiger partial charge in [-0.05, 0) is 25.1 Å². The molecule has 1 aliphatic heterocycles. The molecule has 5 nitrogen and oxygen atoms in total. The molecule has 154 valence electrons. The molecule has 1 aromatic heterocycles. The number of nitrogens with zero attached hydrogens (tertiary/aromatic N) is 3. The minimum Gasteiger partial charge on any atom is -0.461 e. The fourth-order valence-electron chi connectivity index (χ4n) is 3.63. The second kappa shape index (κ2) is 7.64. The quantitative estimate of drug-likeness (QED) is 0.471. The van der Waals surface area contributed by atoms with Gasteiger partial charge in [-0.1, -0.05) is 49.1 Å². The zero-order valence-corrected chi connectivity index (χ0v) is 18.6. The fraction of sp³-hybridized carbons (Fsp3) is 0.261. The van der Waals surface area contributed by atoms with Crippen LogP contribution in [0.5, 0.6) is 0 Å². The number of benzene rings is 2. The molecule has 3 aromatic rings. The Kier molecular flexibility index (Phi) is 5.15. The van der Waals surface area contributed by atoms with Gasteiger partial charge in [0.1, 0.15) is 12.1 Å². The number of carbonyl (C=O) groups excluding carboxylic acids is 1. The molecule has 30 heavy (non-hydrogen) atoms. The van der Waals surface area contributed by atoms with Crippen LogP contribution in [-0.2, 0) is 11.3 Å². The molecule has 0 saturated heterocycles. The molecule has 0 saturated carbocycles. The van der Waals surface area contributed by atoms with E-state index in [9.17, 15) is 9.18 Å². The number of halogens is 1. The standard InChI is InChI=1S/C23H24FN3O2Si/c1-5-29-23(28)22-20-13-25-21(16-8-6-7-9-18(16)24)17-12-15(30(2,3)4)10-11-19(17)27(20)14-26-22/h6-12,14H,5,13H2,1-4H3. The van der Waals surface area contributed by atoms with Gasteiger partial charge in [-0.25, -0.2) is 14.2 Å². The lowest BCUT2D eigenvalue weighted by atomic mass is 10.00. The van der Waals surface area contributed by atoms with Gasteiger partial charge in [0, 0.05) is 11.1 Å². The fourth-order valence-corrected chi connectivity index (χ4v) is 4.79. The summed E-state index contributed by atoms with van der Waals surface area (Å²) < 4.78 is 21.8. The largest absolute Gasteiger partial charge is 0.461 e. The first-order valence-electron chi connectivity index (χ1n) is 9.99. The first-order chi connectivity index (χ1) is 14.3. The van der Waals surface area contributed by atoms with Crippen molar-refractivity contribution in [2.75, 3.05) is 6.61 Å². The molecular weight excluding hydrogens is 397 g/mol. The van der Waals surface area contributed by atoms with Crippen molar-refractivity contribution in [1.29, 1.82) is 0 Å². The molecule has 2 aromatic carbocycles. The maximum atomic E-state index is 14.7. The van der Waals surface area contributed by atoms with Gasteiger partial charge >= 0.3 is 5.97 Å². The summed E-state index contributed by atoms with van der Waals surface area (Å²) in [4.78, 5) is 21.4. The molecule has 1 aliphatic rings. The van der Waals surface area contributed by atoms with Crippen LogP contribution in [0.4, 0.5) is 4.39 Å². The summed E-state index contributed by atoms with van der Waals surface area (Å²) in [6, 6.07) is 12.9. The highest BCUT2D eigenvalue weighted by atomic mass is 28.3. The van der Waals surface area contributed by atoms with E-state index in [0.29, 0.717) is 17.0 Å². The SMILES string of the molecule is CCOC(=O)c1ncn2c1CN=C(c1ccccc1F)c1cc([Si](C)(C)C)ccc1-2. The third kappa shape index (κ3) is 3.50. The lowest BCUT2D eigenvalue weighted by molar-refractivity contribution is 0.0518. The first-order valence-corrected chi connectivity index (χ1v) is 13.5. The molecule has 7 heteroatoms. The van der Waals surface area contributed by atoms with Crippen molar-refractivity contribution in [3.63, 3.8) is 0 Å². The molecule has 0 unspecified atom stereocenters. The maximum absolute atomic E-state index is 14.7. The summed E-state index contributed by atoms with van der Waals surface area (Å²) in [6.07, 6.45) is 1.62. The van der Waals surface area contributed by atoms with E-state index in [1.807, 2.05) is 10.6 Å². The van der Waals surface area contributed by atoms with Crippen molar-refractivity contribution in [2.24, 2.45) is 4.99 Å². The summed E-state index contributed by atoms with van der Waals surface area (Å²) in [5.74, 6) is -0.799. The van der Waals surface area contributed by atoms with Gasteiger partial charge < -0.3 is 4.74 Å². The Hall–Kier alpha value is -3.06. The number of imidazole rings is 1. The molecule has 0 radical (unpaired) electrons. The summed E-state index contributed by atoms with van der Waals surface area (Å²) in [5, 5.41) is 1.25. The number of aliphatic imine (C=N–C) groups is 1. The number of esters is 1. The molecule has 0 aliphatic carbocycles. The Labute approximate surface area is 176 Å². The van der Waals surface area contributed by atoms with Crippen molar-refractivity contribution in [1.82, 2.24) is 9.55 Å². The Morgan fingerprint density at radius 3 is 2.63 bits per heavy atom. The van der Waals surface area contributed by atoms with Crippen LogP contribution in [-0.4, -0.2) is 35.9 Å². The Bertz CT molecular complexity index is 1160. The van der Waals surface area contributed by atoms with Gasteiger partial charge in [-0.2, -0.15) is 0 Å². The van der Waals surface area contributed by atoms with Crippen LogP contribution in [0.1, 0.15) is 34.2 Å². The topological polar surface area (TPSA) is 56.5 Å². The highest BCUT2D eigenvalue weighted by Crippen LogP contribution is 2.28. The lowest BCUT2D eigenvalue weighted by Crippen LogP contribution is -2.38. The minimum absolute atomic E-state index is 0.203. The first kappa shape index (κ1) is 20.2. The third-order valence-corrected chi connectivity index (χ3v) is 7.27. The average molecular weight is 422 g/mol. The van der Waals surface area contributed by atoms with Crippen LogP contribution in [0.3, 0.4) is 0 Å². The molecule has 0 N–H and O–H groups in total. The number of carbonyl (C=O) groups is 1. The second-order valence-electron chi connectivity index (χ2n) is 8.26. The van der Waals surface area contributed by atoms with Crippen molar-refractivity contribution in [3.05, 3.63) is 77.1 Å². The highest BCUT2D eigenvalue weighted by Gasteiger charge is 2.27. The number of rotatable bonds is 4. The van der Waals surface area contributed by atoms with Crippen molar-refractivity contribution >= 4 is 24.9 Å². The predicted octanol–water partition coefficient (Wildman–Crippen LogP) is 4.08. The molecule has 0 bridgehead atoms. The van der Waals surface area contributed by atoms with Crippen molar-refractivity contribution in [3.8, 4) is 5.69 Å². The van der Waals surface area contributed by atoms with E-state index in [1.165, 1.54) is 11.3 Å². The maximum Gasteiger partial charge on any atom is 0.358 e. The van der Waals surface area contributed by atoms with E-state index in [0.717, 1.165) is 11.3 Å². The normalized spacial score (nSPS) is 13.2. The van der Waals surface area contributed by atoms with Gasteiger partial charge in [-0.15, -0.1) is 0 Å². The molecular formula is C23H24FN3O2Si. The van der Waals surface area contributed by atoms with Gasteiger partial charge in [0.25, 0.3) is 0 Å². The van der Waals surface area contributed by atoms with Crippen LogP contribution in [0, 0.1) is 5.82 Å². The van der Waals surface area contributed by atoms with Crippen molar-refractivity contribution in [2.45, 2.75) is 33.1 Å². The van der Waals surface area contributed by atoms with Gasteiger partial charge in [0.2, 0.25) is 0 Å². The van der Waals surface area contributed by atoms with E-state index in [2.05, 4.69) is 36.8 Å². The Morgan fingerprint density at radius 2 is 1.93 bits per heavy atom. The molecule has 0 fully saturated rings. The molecule has 0 atom stereocenters. The number of aromatic nitrogens is 2. The van der Waals surface area contributed by atoms with Crippen LogP contribution in [0.2, 0.25) is 19.6 Å². The third-order valence-electron chi connectivity index (χ3n) is 5.23. The smallest absolute Gasteiger partial charge is 0.358 e. The van der Waals surface area contributed by atoms with Gasteiger partial charge in [0.05, 0.1) is 38.3 Å². The highest BCUT2D eigenvalue weighted by molar-refractivity contribution is 6.88. The summed E-state index contributed by atoms with van der Waals surface area (Å²) in [7, 11) is -1.62. The van der Waals surface area contributed by atoms with E-state index >= 15 is 0 Å². The van der Waals surface area contributed by atoms with Crippen LogP contribution in [0.15, 0.2) is 53.8 Å². The van der Waals surface area contributed by atoms with E-state index in [4.69, 9.17) is 9.73 Å².